The highest BCUT2D eigenvalue weighted by molar-refractivity contribution is 5.32. The zero-order chi connectivity index (χ0) is 22.4. The maximum atomic E-state index is 14.3. The van der Waals surface area contributed by atoms with Crippen LogP contribution in [0.4, 0.5) is 13.2 Å². The van der Waals surface area contributed by atoms with Crippen LogP contribution in [0.3, 0.4) is 0 Å². The first-order valence-electron chi connectivity index (χ1n) is 10.4. The van der Waals surface area contributed by atoms with Gasteiger partial charge in [-0.3, -0.25) is 0 Å². The average molecular weight is 440 g/mol. The first-order chi connectivity index (χ1) is 14.9. The maximum absolute atomic E-state index is 14.3. The Morgan fingerprint density at radius 1 is 1.00 bits per heavy atom. The van der Waals surface area contributed by atoms with E-state index in [4.69, 9.17) is 18.9 Å². The lowest BCUT2D eigenvalue weighted by Gasteiger charge is -2.30. The van der Waals surface area contributed by atoms with E-state index in [1.54, 1.807) is 13.0 Å². The van der Waals surface area contributed by atoms with Gasteiger partial charge in [-0.05, 0) is 43.2 Å². The first kappa shape index (κ1) is 23.4. The Kier molecular flexibility index (Phi) is 8.17. The Morgan fingerprint density at radius 3 is 2.35 bits per heavy atom. The van der Waals surface area contributed by atoms with E-state index in [9.17, 15) is 18.3 Å². The second kappa shape index (κ2) is 10.8. The monoisotopic (exact) mass is 440 g/mol. The van der Waals surface area contributed by atoms with E-state index in [-0.39, 0.29) is 49.4 Å². The van der Waals surface area contributed by atoms with Crippen LogP contribution in [0.5, 0.6) is 11.5 Å². The van der Waals surface area contributed by atoms with Gasteiger partial charge in [0.25, 0.3) is 0 Å². The molecular formula is C23H27F3O5. The summed E-state index contributed by atoms with van der Waals surface area (Å²) in [5.41, 5.74) is 0.455. The van der Waals surface area contributed by atoms with Crippen molar-refractivity contribution in [2.24, 2.45) is 5.92 Å². The molecule has 5 nitrogen and oxygen atoms in total. The summed E-state index contributed by atoms with van der Waals surface area (Å²) in [6.45, 7) is 4.31. The molecule has 170 valence electrons. The van der Waals surface area contributed by atoms with Crippen molar-refractivity contribution < 1.29 is 37.2 Å². The molecule has 0 saturated carbocycles. The summed E-state index contributed by atoms with van der Waals surface area (Å²) in [5, 5.41) is 9.97. The molecule has 3 rings (SSSR count). The topological polar surface area (TPSA) is 57.2 Å². The summed E-state index contributed by atoms with van der Waals surface area (Å²) < 4.78 is 64.3. The van der Waals surface area contributed by atoms with Crippen LogP contribution in [0.2, 0.25) is 0 Å². The normalized spacial score (nSPS) is 19.8. The van der Waals surface area contributed by atoms with E-state index in [2.05, 4.69) is 0 Å². The summed E-state index contributed by atoms with van der Waals surface area (Å²) in [5.74, 6) is -3.03. The van der Waals surface area contributed by atoms with Crippen LogP contribution < -0.4 is 9.47 Å². The van der Waals surface area contributed by atoms with Crippen LogP contribution in [0.25, 0.3) is 0 Å². The van der Waals surface area contributed by atoms with Crippen molar-refractivity contribution in [1.82, 2.24) is 0 Å². The summed E-state index contributed by atoms with van der Waals surface area (Å²) >= 11 is 0. The van der Waals surface area contributed by atoms with Crippen LogP contribution in [-0.4, -0.2) is 31.5 Å². The third kappa shape index (κ3) is 5.70. The molecule has 1 aliphatic heterocycles. The molecule has 1 aliphatic rings. The van der Waals surface area contributed by atoms with Gasteiger partial charge in [-0.2, -0.15) is 4.39 Å². The van der Waals surface area contributed by atoms with E-state index in [0.29, 0.717) is 12.0 Å². The van der Waals surface area contributed by atoms with Crippen molar-refractivity contribution in [2.45, 2.75) is 39.1 Å². The van der Waals surface area contributed by atoms with Crippen LogP contribution >= 0.6 is 0 Å². The lowest BCUT2D eigenvalue weighted by atomic mass is 10.1. The number of hydrogen-bond acceptors (Lipinski definition) is 5. The zero-order valence-corrected chi connectivity index (χ0v) is 17.6. The van der Waals surface area contributed by atoms with Crippen LogP contribution in [0.15, 0.2) is 30.3 Å². The Balaban J connectivity index is 1.53. The van der Waals surface area contributed by atoms with Crippen LogP contribution in [0.1, 0.15) is 50.2 Å². The minimum atomic E-state index is -1.08. The molecule has 1 N–H and O–H groups in total. The van der Waals surface area contributed by atoms with E-state index < -0.39 is 29.8 Å². The SMILES string of the molecule is CCCC(O)c1ccc(OCC2COC(c3ccc(OCC)c(F)c3F)OC2)c(F)c1. The van der Waals surface area contributed by atoms with Crippen LogP contribution in [0, 0.1) is 23.4 Å². The fourth-order valence-electron chi connectivity index (χ4n) is 3.30. The van der Waals surface area contributed by atoms with Crippen LogP contribution in [-0.2, 0) is 9.47 Å². The number of aliphatic hydroxyl groups excluding tert-OH is 1. The van der Waals surface area contributed by atoms with E-state index in [0.717, 1.165) is 6.42 Å². The third-order valence-electron chi connectivity index (χ3n) is 4.97. The van der Waals surface area contributed by atoms with Gasteiger partial charge in [0.15, 0.2) is 29.4 Å². The number of rotatable bonds is 9. The molecule has 0 amide bonds. The molecule has 1 atom stereocenters. The lowest BCUT2D eigenvalue weighted by Crippen LogP contribution is -2.31. The van der Waals surface area contributed by atoms with Gasteiger partial charge in [-0.25, -0.2) is 8.78 Å². The van der Waals surface area contributed by atoms with E-state index in [1.807, 2.05) is 6.92 Å². The van der Waals surface area contributed by atoms with Gasteiger partial charge in [0, 0.05) is 11.5 Å². The minimum absolute atomic E-state index is 0.0485. The second-order valence-electron chi connectivity index (χ2n) is 7.38. The number of halogens is 3. The number of aliphatic hydroxyl groups is 1. The van der Waals surface area contributed by atoms with Crippen molar-refractivity contribution in [3.8, 4) is 11.5 Å². The van der Waals surface area contributed by atoms with Gasteiger partial charge < -0.3 is 24.1 Å². The van der Waals surface area contributed by atoms with E-state index in [1.165, 1.54) is 24.3 Å². The van der Waals surface area contributed by atoms with Gasteiger partial charge in [-0.1, -0.05) is 19.4 Å². The van der Waals surface area contributed by atoms with Gasteiger partial charge in [0.05, 0.1) is 32.5 Å². The van der Waals surface area contributed by atoms with Gasteiger partial charge >= 0.3 is 0 Å². The Bertz CT molecular complexity index is 869. The molecule has 0 aliphatic carbocycles. The average Bonchev–Trinajstić information content (AvgIpc) is 2.77. The van der Waals surface area contributed by atoms with Gasteiger partial charge in [0.1, 0.15) is 0 Å². The maximum Gasteiger partial charge on any atom is 0.201 e. The molecule has 31 heavy (non-hydrogen) atoms. The smallest absolute Gasteiger partial charge is 0.201 e. The highest BCUT2D eigenvalue weighted by Gasteiger charge is 2.28. The van der Waals surface area contributed by atoms with E-state index >= 15 is 0 Å². The molecule has 1 unspecified atom stereocenters. The molecule has 0 radical (unpaired) electrons. The number of hydrogen-bond donors (Lipinski definition) is 1. The summed E-state index contributed by atoms with van der Waals surface area (Å²) in [6, 6.07) is 7.08. The fourth-order valence-corrected chi connectivity index (χ4v) is 3.30. The van der Waals surface area contributed by atoms with Gasteiger partial charge in [-0.15, -0.1) is 0 Å². The van der Waals surface area contributed by atoms with Crippen molar-refractivity contribution in [3.05, 3.63) is 58.9 Å². The Labute approximate surface area is 179 Å². The molecule has 1 saturated heterocycles. The lowest BCUT2D eigenvalue weighted by molar-refractivity contribution is -0.210. The summed E-state index contributed by atoms with van der Waals surface area (Å²) in [7, 11) is 0. The quantitative estimate of drug-likeness (QED) is 0.590. The standard InChI is InChI=1S/C23H27F3O5/c1-3-5-18(27)15-6-8-19(17(24)10-15)29-11-14-12-30-23(31-13-14)16-7-9-20(28-4-2)22(26)21(16)25/h6-10,14,18,23,27H,3-5,11-13H2,1-2H3. The fraction of sp³-hybridized carbons (Fsp3) is 0.478. The first-order valence-corrected chi connectivity index (χ1v) is 10.4. The molecule has 0 spiro atoms. The molecule has 1 heterocycles. The zero-order valence-electron chi connectivity index (χ0n) is 17.6. The minimum Gasteiger partial charge on any atom is -0.491 e. The Hall–Kier alpha value is -2.29. The molecule has 2 aromatic rings. The van der Waals surface area contributed by atoms with Crippen molar-refractivity contribution in [3.63, 3.8) is 0 Å². The molecule has 1 fully saturated rings. The number of benzene rings is 2. The predicted molar refractivity (Wildman–Crippen MR) is 107 cm³/mol. The number of ether oxygens (including phenoxy) is 4. The summed E-state index contributed by atoms with van der Waals surface area (Å²) in [4.78, 5) is 0. The van der Waals surface area contributed by atoms with Crippen molar-refractivity contribution in [1.29, 1.82) is 0 Å². The predicted octanol–water partition coefficient (Wildman–Crippen LogP) is 5.08. The van der Waals surface area contributed by atoms with Crippen molar-refractivity contribution >= 4 is 0 Å². The Morgan fingerprint density at radius 2 is 1.71 bits per heavy atom. The molecule has 2 aromatic carbocycles. The molecular weight excluding hydrogens is 413 g/mol. The van der Waals surface area contributed by atoms with Gasteiger partial charge in [0.2, 0.25) is 5.82 Å². The molecule has 0 bridgehead atoms. The largest absolute Gasteiger partial charge is 0.491 e. The molecule has 0 aromatic heterocycles. The molecule has 8 heteroatoms. The van der Waals surface area contributed by atoms with Crippen molar-refractivity contribution in [2.75, 3.05) is 26.4 Å². The highest BCUT2D eigenvalue weighted by atomic mass is 19.2. The second-order valence-corrected chi connectivity index (χ2v) is 7.38. The third-order valence-corrected chi connectivity index (χ3v) is 4.97. The highest BCUT2D eigenvalue weighted by Crippen LogP contribution is 2.32. The summed E-state index contributed by atoms with van der Waals surface area (Å²) in [6.07, 6.45) is -0.413.